The Hall–Kier alpha value is -1.41. The van der Waals surface area contributed by atoms with Crippen LogP contribution in [0.2, 0.25) is 0 Å². The van der Waals surface area contributed by atoms with Gasteiger partial charge in [0.2, 0.25) is 0 Å². The van der Waals surface area contributed by atoms with E-state index in [0.717, 1.165) is 24.2 Å². The number of fused-ring (bicyclic) bond motifs is 1. The molecule has 2 heterocycles. The van der Waals surface area contributed by atoms with Gasteiger partial charge in [0, 0.05) is 24.7 Å². The third kappa shape index (κ3) is 3.86. The normalized spacial score (nSPS) is 19.0. The number of benzene rings is 1. The summed E-state index contributed by atoms with van der Waals surface area (Å²) in [5.74, 6) is 0.569. The second-order valence-electron chi connectivity index (χ2n) is 5.28. The van der Waals surface area contributed by atoms with Crippen LogP contribution in [0.15, 0.2) is 41.5 Å². The van der Waals surface area contributed by atoms with Crippen LogP contribution in [-0.4, -0.2) is 41.6 Å². The molecule has 6 heteroatoms. The lowest BCUT2D eigenvalue weighted by molar-refractivity contribution is 0.00528. The first-order chi connectivity index (χ1) is 10.2. The molecule has 1 saturated heterocycles. The number of nitrogens with two attached hydrogens (primary N) is 1. The Morgan fingerprint density at radius 3 is 3.05 bits per heavy atom. The standard InChI is InChI=1S/C16H20N4O.HI/c1-12-11-20(8-9-21-12)16(17)19-10-15-14-5-3-2-4-13(14)6-7-18-15;/h2-7,12H,8-11H2,1H3,(H2,17,19);1H. The number of aromatic nitrogens is 1. The minimum atomic E-state index is 0. The van der Waals surface area contributed by atoms with Gasteiger partial charge in [-0.25, -0.2) is 4.99 Å². The molecule has 0 spiro atoms. The first-order valence-electron chi connectivity index (χ1n) is 7.23. The van der Waals surface area contributed by atoms with Gasteiger partial charge >= 0.3 is 0 Å². The van der Waals surface area contributed by atoms with Crippen molar-refractivity contribution in [2.45, 2.75) is 19.6 Å². The van der Waals surface area contributed by atoms with E-state index in [0.29, 0.717) is 19.1 Å². The summed E-state index contributed by atoms with van der Waals surface area (Å²) in [7, 11) is 0. The molecule has 0 saturated carbocycles. The van der Waals surface area contributed by atoms with Crippen LogP contribution in [0.25, 0.3) is 10.8 Å². The number of rotatable bonds is 2. The predicted molar refractivity (Wildman–Crippen MR) is 99.5 cm³/mol. The summed E-state index contributed by atoms with van der Waals surface area (Å²) >= 11 is 0. The molecule has 118 valence electrons. The van der Waals surface area contributed by atoms with E-state index in [1.165, 1.54) is 5.39 Å². The molecule has 1 aliphatic heterocycles. The number of pyridine rings is 1. The zero-order chi connectivity index (χ0) is 14.7. The molecule has 0 bridgehead atoms. The number of guanidine groups is 1. The highest BCUT2D eigenvalue weighted by Gasteiger charge is 2.17. The van der Waals surface area contributed by atoms with E-state index in [-0.39, 0.29) is 30.1 Å². The van der Waals surface area contributed by atoms with Gasteiger partial charge in [0.1, 0.15) is 0 Å². The summed E-state index contributed by atoms with van der Waals surface area (Å²) in [6.07, 6.45) is 2.02. The minimum Gasteiger partial charge on any atom is -0.375 e. The summed E-state index contributed by atoms with van der Waals surface area (Å²) in [6.45, 7) is 4.83. The number of hydrogen-bond donors (Lipinski definition) is 1. The summed E-state index contributed by atoms with van der Waals surface area (Å²) in [5, 5.41) is 2.31. The van der Waals surface area contributed by atoms with Crippen LogP contribution in [0.3, 0.4) is 0 Å². The quantitative estimate of drug-likeness (QED) is 0.468. The Kier molecular flexibility index (Phi) is 5.96. The van der Waals surface area contributed by atoms with Crippen LogP contribution in [0.5, 0.6) is 0 Å². The molecule has 0 amide bonds. The van der Waals surface area contributed by atoms with Crippen molar-refractivity contribution in [1.82, 2.24) is 9.88 Å². The summed E-state index contributed by atoms with van der Waals surface area (Å²) < 4.78 is 5.51. The zero-order valence-corrected chi connectivity index (χ0v) is 14.9. The van der Waals surface area contributed by atoms with Crippen molar-refractivity contribution in [3.8, 4) is 0 Å². The van der Waals surface area contributed by atoms with Gasteiger partial charge < -0.3 is 15.4 Å². The maximum Gasteiger partial charge on any atom is 0.191 e. The van der Waals surface area contributed by atoms with E-state index in [9.17, 15) is 0 Å². The molecule has 0 aliphatic carbocycles. The Labute approximate surface area is 147 Å². The van der Waals surface area contributed by atoms with Crippen LogP contribution in [-0.2, 0) is 11.3 Å². The molecule has 1 aromatic heterocycles. The first kappa shape index (κ1) is 17.0. The third-order valence-corrected chi connectivity index (χ3v) is 3.71. The largest absolute Gasteiger partial charge is 0.375 e. The van der Waals surface area contributed by atoms with Crippen LogP contribution < -0.4 is 5.73 Å². The van der Waals surface area contributed by atoms with Gasteiger partial charge in [-0.3, -0.25) is 4.98 Å². The van der Waals surface area contributed by atoms with E-state index in [2.05, 4.69) is 27.0 Å². The molecule has 3 rings (SSSR count). The van der Waals surface area contributed by atoms with Gasteiger partial charge in [-0.1, -0.05) is 24.3 Å². The van der Waals surface area contributed by atoms with Crippen LogP contribution >= 0.6 is 24.0 Å². The topological polar surface area (TPSA) is 63.7 Å². The molecular formula is C16H21IN4O. The van der Waals surface area contributed by atoms with Crippen LogP contribution in [0.1, 0.15) is 12.6 Å². The van der Waals surface area contributed by atoms with Crippen molar-refractivity contribution < 1.29 is 4.74 Å². The summed E-state index contributed by atoms with van der Waals surface area (Å²) in [4.78, 5) is 11.0. The van der Waals surface area contributed by atoms with E-state index >= 15 is 0 Å². The van der Waals surface area contributed by atoms with Crippen molar-refractivity contribution in [2.75, 3.05) is 19.7 Å². The maximum atomic E-state index is 6.10. The molecule has 22 heavy (non-hydrogen) atoms. The Bertz CT molecular complexity index is 656. The highest BCUT2D eigenvalue weighted by atomic mass is 127. The summed E-state index contributed by atoms with van der Waals surface area (Å²) in [6, 6.07) is 10.2. The molecule has 0 radical (unpaired) electrons. The molecule has 1 unspecified atom stereocenters. The number of nitrogens with zero attached hydrogens (tertiary/aromatic N) is 3. The monoisotopic (exact) mass is 412 g/mol. The van der Waals surface area contributed by atoms with Crippen LogP contribution in [0.4, 0.5) is 0 Å². The number of aliphatic imine (C=N–C) groups is 1. The van der Waals surface area contributed by atoms with E-state index in [4.69, 9.17) is 10.5 Å². The van der Waals surface area contributed by atoms with Gasteiger partial charge in [0.25, 0.3) is 0 Å². The third-order valence-electron chi connectivity index (χ3n) is 3.71. The Morgan fingerprint density at radius 1 is 1.41 bits per heavy atom. The first-order valence-corrected chi connectivity index (χ1v) is 7.23. The molecule has 1 aromatic carbocycles. The van der Waals surface area contributed by atoms with Gasteiger partial charge in [-0.05, 0) is 18.4 Å². The fourth-order valence-corrected chi connectivity index (χ4v) is 2.59. The van der Waals surface area contributed by atoms with E-state index < -0.39 is 0 Å². The Morgan fingerprint density at radius 2 is 2.23 bits per heavy atom. The molecular weight excluding hydrogens is 391 g/mol. The second-order valence-corrected chi connectivity index (χ2v) is 5.28. The molecule has 1 fully saturated rings. The predicted octanol–water partition coefficient (Wildman–Crippen LogP) is 2.39. The van der Waals surface area contributed by atoms with E-state index in [1.807, 2.05) is 31.3 Å². The van der Waals surface area contributed by atoms with Crippen molar-refractivity contribution in [1.29, 1.82) is 0 Å². The lowest BCUT2D eigenvalue weighted by atomic mass is 10.1. The number of hydrogen-bond acceptors (Lipinski definition) is 3. The number of ether oxygens (including phenoxy) is 1. The number of morpholine rings is 1. The SMILES string of the molecule is CC1CN(C(N)=NCc2nccc3ccccc23)CCO1.I. The van der Waals surface area contributed by atoms with E-state index in [1.54, 1.807) is 0 Å². The lowest BCUT2D eigenvalue weighted by Gasteiger charge is -2.31. The fraction of sp³-hybridized carbons (Fsp3) is 0.375. The van der Waals surface area contributed by atoms with Gasteiger partial charge in [-0.2, -0.15) is 0 Å². The highest BCUT2D eigenvalue weighted by Crippen LogP contribution is 2.17. The smallest absolute Gasteiger partial charge is 0.191 e. The molecule has 2 aromatic rings. The van der Waals surface area contributed by atoms with Gasteiger partial charge in [-0.15, -0.1) is 24.0 Å². The van der Waals surface area contributed by atoms with Crippen molar-refractivity contribution >= 4 is 40.7 Å². The molecule has 1 aliphatic rings. The van der Waals surface area contributed by atoms with Crippen molar-refractivity contribution in [3.05, 3.63) is 42.2 Å². The molecule has 1 atom stereocenters. The summed E-state index contributed by atoms with van der Waals surface area (Å²) in [5.41, 5.74) is 7.05. The zero-order valence-electron chi connectivity index (χ0n) is 12.6. The molecule has 2 N–H and O–H groups in total. The van der Waals surface area contributed by atoms with Gasteiger partial charge in [0.05, 0.1) is 24.9 Å². The second kappa shape index (κ2) is 7.73. The average Bonchev–Trinajstić information content (AvgIpc) is 2.52. The number of halogens is 1. The Balaban J connectivity index is 0.00000176. The maximum absolute atomic E-state index is 6.10. The highest BCUT2D eigenvalue weighted by molar-refractivity contribution is 14.0. The lowest BCUT2D eigenvalue weighted by Crippen LogP contribution is -2.47. The van der Waals surface area contributed by atoms with Crippen molar-refractivity contribution in [2.24, 2.45) is 10.7 Å². The minimum absolute atomic E-state index is 0. The van der Waals surface area contributed by atoms with Gasteiger partial charge in [0.15, 0.2) is 5.96 Å². The fourth-order valence-electron chi connectivity index (χ4n) is 2.59. The van der Waals surface area contributed by atoms with Crippen molar-refractivity contribution in [3.63, 3.8) is 0 Å². The van der Waals surface area contributed by atoms with Crippen LogP contribution in [0, 0.1) is 0 Å². The average molecular weight is 412 g/mol. The molecule has 5 nitrogen and oxygen atoms in total.